The van der Waals surface area contributed by atoms with Crippen LogP contribution in [0.4, 0.5) is 0 Å². The number of likely N-dealkylation sites (tertiary alicyclic amines) is 1. The predicted molar refractivity (Wildman–Crippen MR) is 77.8 cm³/mol. The van der Waals surface area contributed by atoms with Gasteiger partial charge in [0.25, 0.3) is 0 Å². The highest BCUT2D eigenvalue weighted by Crippen LogP contribution is 2.15. The molecule has 2 amide bonds. The summed E-state index contributed by atoms with van der Waals surface area (Å²) in [4.78, 5) is 25.8. The Hall–Kier alpha value is -0.850. The van der Waals surface area contributed by atoms with E-state index in [2.05, 4.69) is 10.6 Å². The molecule has 0 radical (unpaired) electrons. The molecule has 6 nitrogen and oxygen atoms in total. The number of halogens is 1. The highest BCUT2D eigenvalue weighted by atomic mass is 35.5. The van der Waals surface area contributed by atoms with Crippen LogP contribution < -0.4 is 10.6 Å². The minimum atomic E-state index is -0.322. The Labute approximate surface area is 126 Å². The largest absolute Gasteiger partial charge is 0.375 e. The normalized spacial score (nSPS) is 30.3. The number of rotatable bonds is 3. The van der Waals surface area contributed by atoms with Gasteiger partial charge in [-0.3, -0.25) is 9.59 Å². The van der Waals surface area contributed by atoms with Gasteiger partial charge in [-0.25, -0.2) is 0 Å². The number of hydrogen-bond donors (Lipinski definition) is 2. The highest BCUT2D eigenvalue weighted by Gasteiger charge is 2.35. The van der Waals surface area contributed by atoms with Crippen LogP contribution in [0.3, 0.4) is 0 Å². The Morgan fingerprint density at radius 1 is 1.50 bits per heavy atom. The van der Waals surface area contributed by atoms with E-state index < -0.39 is 0 Å². The summed E-state index contributed by atoms with van der Waals surface area (Å²) in [6, 6.07) is -0.222. The number of carbonyl (C=O) groups excluding carboxylic acids is 2. The van der Waals surface area contributed by atoms with E-state index in [1.165, 1.54) is 0 Å². The van der Waals surface area contributed by atoms with Crippen LogP contribution in [0.2, 0.25) is 0 Å². The Kier molecular flexibility index (Phi) is 6.23. The van der Waals surface area contributed by atoms with Crippen LogP contribution >= 0.6 is 12.4 Å². The van der Waals surface area contributed by atoms with Gasteiger partial charge in [0, 0.05) is 25.6 Å². The van der Waals surface area contributed by atoms with Gasteiger partial charge in [0.2, 0.25) is 11.8 Å². The molecule has 2 aliphatic heterocycles. The summed E-state index contributed by atoms with van der Waals surface area (Å²) in [7, 11) is 0. The molecule has 0 aromatic heterocycles. The lowest BCUT2D eigenvalue weighted by atomic mass is 10.1. The van der Waals surface area contributed by atoms with E-state index in [1.807, 2.05) is 20.8 Å². The van der Waals surface area contributed by atoms with Gasteiger partial charge in [-0.1, -0.05) is 0 Å². The van der Waals surface area contributed by atoms with Crippen LogP contribution in [-0.4, -0.2) is 60.6 Å². The second kappa shape index (κ2) is 7.24. The van der Waals surface area contributed by atoms with E-state index >= 15 is 0 Å². The van der Waals surface area contributed by atoms with Crippen LogP contribution in [0.15, 0.2) is 0 Å². The molecule has 2 N–H and O–H groups in total. The average Bonchev–Trinajstić information content (AvgIpc) is 2.70. The Morgan fingerprint density at radius 2 is 2.20 bits per heavy atom. The van der Waals surface area contributed by atoms with Crippen LogP contribution in [0.25, 0.3) is 0 Å². The Bertz CT molecular complexity index is 365. The molecule has 0 aromatic rings. The van der Waals surface area contributed by atoms with Crippen molar-refractivity contribution in [1.29, 1.82) is 0 Å². The summed E-state index contributed by atoms with van der Waals surface area (Å²) in [6.45, 7) is 7.78. The van der Waals surface area contributed by atoms with Crippen LogP contribution in [0.5, 0.6) is 0 Å². The zero-order chi connectivity index (χ0) is 14.0. The fraction of sp³-hybridized carbons (Fsp3) is 0.846. The molecule has 116 valence electrons. The Morgan fingerprint density at radius 3 is 2.75 bits per heavy atom. The summed E-state index contributed by atoms with van der Waals surface area (Å²) in [5.74, 6) is 0.0387. The van der Waals surface area contributed by atoms with Gasteiger partial charge in [-0.15, -0.1) is 12.4 Å². The van der Waals surface area contributed by atoms with E-state index in [0.29, 0.717) is 26.1 Å². The van der Waals surface area contributed by atoms with Gasteiger partial charge in [0.1, 0.15) is 6.04 Å². The molecule has 0 saturated carbocycles. The standard InChI is InChI=1S/C13H23N3O3.ClH/c1-8(2)16-7-10(6-11(16)17)15-13(18)12-9(3)19-5-4-14-12;/h8-10,12,14H,4-7H2,1-3H3,(H,15,18);1H/t9-,10?,12+;/m1./s1. The maximum Gasteiger partial charge on any atom is 0.240 e. The van der Waals surface area contributed by atoms with Crippen molar-refractivity contribution < 1.29 is 14.3 Å². The zero-order valence-corrected chi connectivity index (χ0v) is 13.0. The first-order valence-corrected chi connectivity index (χ1v) is 6.94. The SMILES string of the molecule is CC(C)N1CC(NC(=O)[C@H]2NCCO[C@@H]2C)CC1=O.Cl. The minimum Gasteiger partial charge on any atom is -0.375 e. The first-order chi connectivity index (χ1) is 8.99. The van der Waals surface area contributed by atoms with Gasteiger partial charge in [0.15, 0.2) is 0 Å². The fourth-order valence-electron chi connectivity index (χ4n) is 2.65. The first-order valence-electron chi connectivity index (χ1n) is 6.94. The molecule has 2 saturated heterocycles. The van der Waals surface area contributed by atoms with Crippen molar-refractivity contribution in [3.8, 4) is 0 Å². The third-order valence-corrected chi connectivity index (χ3v) is 3.73. The van der Waals surface area contributed by atoms with E-state index in [1.54, 1.807) is 4.90 Å². The third kappa shape index (κ3) is 3.84. The zero-order valence-electron chi connectivity index (χ0n) is 12.2. The van der Waals surface area contributed by atoms with E-state index in [-0.39, 0.29) is 48.5 Å². The first kappa shape index (κ1) is 17.2. The van der Waals surface area contributed by atoms with E-state index in [0.717, 1.165) is 0 Å². The maximum atomic E-state index is 12.2. The van der Waals surface area contributed by atoms with Gasteiger partial charge >= 0.3 is 0 Å². The molecule has 2 heterocycles. The molecule has 3 atom stereocenters. The molecule has 0 bridgehead atoms. The van der Waals surface area contributed by atoms with E-state index in [9.17, 15) is 9.59 Å². The highest BCUT2D eigenvalue weighted by molar-refractivity contribution is 5.85. The monoisotopic (exact) mass is 305 g/mol. The number of morpholine rings is 1. The summed E-state index contributed by atoms with van der Waals surface area (Å²) >= 11 is 0. The predicted octanol–water partition coefficient (Wildman–Crippen LogP) is -0.0894. The maximum absolute atomic E-state index is 12.2. The molecule has 0 aliphatic carbocycles. The molecule has 1 unspecified atom stereocenters. The number of nitrogens with one attached hydrogen (secondary N) is 2. The van der Waals surface area contributed by atoms with E-state index in [4.69, 9.17) is 4.74 Å². The average molecular weight is 306 g/mol. The quantitative estimate of drug-likeness (QED) is 0.764. The lowest BCUT2D eigenvalue weighted by molar-refractivity contribution is -0.129. The van der Waals surface area contributed by atoms with Crippen molar-refractivity contribution in [3.63, 3.8) is 0 Å². The van der Waals surface area contributed by atoms with Gasteiger partial charge in [-0.2, -0.15) is 0 Å². The summed E-state index contributed by atoms with van der Waals surface area (Å²) in [6.07, 6.45) is 0.262. The van der Waals surface area contributed by atoms with Crippen molar-refractivity contribution in [1.82, 2.24) is 15.5 Å². The number of nitrogens with zero attached hydrogens (tertiary/aromatic N) is 1. The number of ether oxygens (including phenoxy) is 1. The lowest BCUT2D eigenvalue weighted by Gasteiger charge is -2.30. The van der Waals surface area contributed by atoms with Crippen LogP contribution in [-0.2, 0) is 14.3 Å². The molecule has 2 aliphatic rings. The van der Waals surface area contributed by atoms with Crippen LogP contribution in [0, 0.1) is 0 Å². The van der Waals surface area contributed by atoms with Gasteiger partial charge < -0.3 is 20.3 Å². The fourth-order valence-corrected chi connectivity index (χ4v) is 2.65. The van der Waals surface area contributed by atoms with Gasteiger partial charge in [-0.05, 0) is 20.8 Å². The smallest absolute Gasteiger partial charge is 0.240 e. The molecule has 7 heteroatoms. The summed E-state index contributed by atoms with van der Waals surface area (Å²) in [5.41, 5.74) is 0. The second-order valence-electron chi connectivity index (χ2n) is 5.56. The third-order valence-electron chi connectivity index (χ3n) is 3.73. The Balaban J connectivity index is 0.00000200. The number of hydrogen-bond acceptors (Lipinski definition) is 4. The van der Waals surface area contributed by atoms with Crippen molar-refractivity contribution in [2.75, 3.05) is 19.7 Å². The minimum absolute atomic E-state index is 0. The summed E-state index contributed by atoms with van der Waals surface area (Å²) < 4.78 is 5.46. The molecule has 20 heavy (non-hydrogen) atoms. The van der Waals surface area contributed by atoms with Crippen molar-refractivity contribution in [2.24, 2.45) is 0 Å². The lowest BCUT2D eigenvalue weighted by Crippen LogP contribution is -2.57. The van der Waals surface area contributed by atoms with Crippen LogP contribution in [0.1, 0.15) is 27.2 Å². The van der Waals surface area contributed by atoms with Gasteiger partial charge in [0.05, 0.1) is 18.8 Å². The second-order valence-corrected chi connectivity index (χ2v) is 5.56. The molecular formula is C13H24ClN3O3. The molecule has 0 spiro atoms. The number of carbonyl (C=O) groups is 2. The molecule has 2 fully saturated rings. The summed E-state index contributed by atoms with van der Waals surface area (Å²) in [5, 5.41) is 6.10. The van der Waals surface area contributed by atoms with Crippen molar-refractivity contribution >= 4 is 24.2 Å². The van der Waals surface area contributed by atoms with Crippen molar-refractivity contribution in [2.45, 2.75) is 51.4 Å². The topological polar surface area (TPSA) is 70.7 Å². The van der Waals surface area contributed by atoms with Crippen molar-refractivity contribution in [3.05, 3.63) is 0 Å². The molecular weight excluding hydrogens is 282 g/mol. The molecule has 2 rings (SSSR count). The number of amides is 2. The molecule has 0 aromatic carbocycles.